The summed E-state index contributed by atoms with van der Waals surface area (Å²) in [5, 5.41) is 0. The van der Waals surface area contributed by atoms with Crippen LogP contribution in [0.5, 0.6) is 34.5 Å². The largest absolute Gasteiger partial charge is 0.497 e. The number of fused-ring (bicyclic) bond motifs is 1. The van der Waals surface area contributed by atoms with E-state index >= 15 is 0 Å². The summed E-state index contributed by atoms with van der Waals surface area (Å²) in [7, 11) is 8.36. The summed E-state index contributed by atoms with van der Waals surface area (Å²) < 4.78 is 34.1. The number of ether oxygens (including phenoxy) is 6. The van der Waals surface area contributed by atoms with Gasteiger partial charge in [-0.05, 0) is 77.6 Å². The third-order valence-electron chi connectivity index (χ3n) is 7.26. The Labute approximate surface area is 230 Å². The molecular formula is C33H34O6. The molecule has 6 heteroatoms. The van der Waals surface area contributed by atoms with Crippen molar-refractivity contribution in [1.29, 1.82) is 0 Å². The van der Waals surface area contributed by atoms with E-state index in [4.69, 9.17) is 28.4 Å². The number of benzene rings is 4. The Morgan fingerprint density at radius 1 is 0.513 bits per heavy atom. The summed E-state index contributed by atoms with van der Waals surface area (Å²) in [6.45, 7) is 0. The molecule has 39 heavy (non-hydrogen) atoms. The fourth-order valence-corrected chi connectivity index (χ4v) is 5.19. The predicted molar refractivity (Wildman–Crippen MR) is 151 cm³/mol. The van der Waals surface area contributed by atoms with Crippen LogP contribution in [0.25, 0.3) is 0 Å². The first-order valence-electron chi connectivity index (χ1n) is 12.9. The average molecular weight is 527 g/mol. The fourth-order valence-electron chi connectivity index (χ4n) is 5.19. The predicted octanol–water partition coefficient (Wildman–Crippen LogP) is 6.78. The Hall–Kier alpha value is -4.32. The second-order valence-corrected chi connectivity index (χ2v) is 9.53. The normalized spacial score (nSPS) is 15.7. The van der Waals surface area contributed by atoms with E-state index in [2.05, 4.69) is 54.6 Å². The van der Waals surface area contributed by atoms with Gasteiger partial charge in [-0.1, -0.05) is 24.3 Å². The smallest absolute Gasteiger partial charge is 0.135 e. The third-order valence-corrected chi connectivity index (χ3v) is 7.26. The summed E-state index contributed by atoms with van der Waals surface area (Å²) in [6.07, 6.45) is 1.51. The Bertz CT molecular complexity index is 1380. The zero-order valence-corrected chi connectivity index (χ0v) is 23.0. The van der Waals surface area contributed by atoms with Crippen molar-refractivity contribution in [3.05, 3.63) is 107 Å². The van der Waals surface area contributed by atoms with Crippen molar-refractivity contribution < 1.29 is 28.4 Å². The highest BCUT2D eigenvalue weighted by atomic mass is 16.5. The third kappa shape index (κ3) is 5.60. The molecule has 0 bridgehead atoms. The van der Waals surface area contributed by atoms with Crippen LogP contribution in [0.4, 0.5) is 0 Å². The molecule has 4 aromatic rings. The summed E-state index contributed by atoms with van der Waals surface area (Å²) in [4.78, 5) is 0. The van der Waals surface area contributed by atoms with Crippen LogP contribution in [-0.4, -0.2) is 35.5 Å². The highest BCUT2D eigenvalue weighted by molar-refractivity contribution is 5.53. The quantitative estimate of drug-likeness (QED) is 0.227. The SMILES string of the molecule is COc1ccc(C2Oc3ccc(CCc4cc(OC)cc(OC)c4)cc3C2c2cc(OC)cc(OC)c2)cc1. The first-order chi connectivity index (χ1) is 19.0. The van der Waals surface area contributed by atoms with Gasteiger partial charge in [-0.2, -0.15) is 0 Å². The Morgan fingerprint density at radius 3 is 1.62 bits per heavy atom. The number of methoxy groups -OCH3 is 5. The first-order valence-corrected chi connectivity index (χ1v) is 12.9. The summed E-state index contributed by atoms with van der Waals surface area (Å²) in [5.41, 5.74) is 5.68. The van der Waals surface area contributed by atoms with Crippen molar-refractivity contribution in [1.82, 2.24) is 0 Å². The van der Waals surface area contributed by atoms with E-state index < -0.39 is 0 Å². The lowest BCUT2D eigenvalue weighted by Gasteiger charge is -2.21. The molecule has 4 aromatic carbocycles. The molecule has 6 nitrogen and oxygen atoms in total. The van der Waals surface area contributed by atoms with E-state index in [1.807, 2.05) is 24.3 Å². The number of hydrogen-bond donors (Lipinski definition) is 0. The van der Waals surface area contributed by atoms with Gasteiger partial charge in [0.15, 0.2) is 0 Å². The Morgan fingerprint density at radius 2 is 1.05 bits per heavy atom. The van der Waals surface area contributed by atoms with Gasteiger partial charge in [0.05, 0.1) is 41.5 Å². The van der Waals surface area contributed by atoms with Crippen LogP contribution in [0, 0.1) is 0 Å². The minimum absolute atomic E-state index is 0.0470. The van der Waals surface area contributed by atoms with Gasteiger partial charge in [-0.3, -0.25) is 0 Å². The van der Waals surface area contributed by atoms with Gasteiger partial charge < -0.3 is 28.4 Å². The van der Waals surface area contributed by atoms with E-state index in [9.17, 15) is 0 Å². The molecule has 202 valence electrons. The molecule has 1 heterocycles. The highest BCUT2D eigenvalue weighted by Gasteiger charge is 2.37. The van der Waals surface area contributed by atoms with Crippen molar-refractivity contribution in [2.75, 3.05) is 35.5 Å². The van der Waals surface area contributed by atoms with Gasteiger partial charge in [0.2, 0.25) is 0 Å². The van der Waals surface area contributed by atoms with E-state index in [0.29, 0.717) is 0 Å². The second kappa shape index (κ2) is 11.6. The van der Waals surface area contributed by atoms with E-state index in [1.165, 1.54) is 5.56 Å². The van der Waals surface area contributed by atoms with Gasteiger partial charge in [0.25, 0.3) is 0 Å². The highest BCUT2D eigenvalue weighted by Crippen LogP contribution is 2.51. The van der Waals surface area contributed by atoms with Crippen molar-refractivity contribution in [3.8, 4) is 34.5 Å². The van der Waals surface area contributed by atoms with Gasteiger partial charge in [-0.15, -0.1) is 0 Å². The van der Waals surface area contributed by atoms with Crippen LogP contribution < -0.4 is 28.4 Å². The van der Waals surface area contributed by atoms with E-state index in [1.54, 1.807) is 35.5 Å². The van der Waals surface area contributed by atoms with Crippen LogP contribution in [0.1, 0.15) is 39.8 Å². The molecule has 0 amide bonds. The Balaban J connectivity index is 1.51. The summed E-state index contributed by atoms with van der Waals surface area (Å²) in [5.74, 6) is 4.72. The standard InChI is InChI=1S/C33H34O6/c1-34-25-11-9-23(10-12-25)33-32(24-17-28(37-4)20-29(18-24)38-5)30-16-21(8-13-31(30)39-33)6-7-22-14-26(35-2)19-27(15-22)36-3/h8-20,32-33H,6-7H2,1-5H3. The lowest BCUT2D eigenvalue weighted by atomic mass is 9.84. The van der Waals surface area contributed by atoms with Crippen molar-refractivity contribution >= 4 is 0 Å². The molecular weight excluding hydrogens is 492 g/mol. The molecule has 2 atom stereocenters. The molecule has 0 aliphatic carbocycles. The molecule has 0 radical (unpaired) electrons. The van der Waals surface area contributed by atoms with Gasteiger partial charge >= 0.3 is 0 Å². The molecule has 0 saturated carbocycles. The van der Waals surface area contributed by atoms with Crippen molar-refractivity contribution in [2.24, 2.45) is 0 Å². The number of rotatable bonds is 10. The number of aryl methyl sites for hydroxylation is 2. The zero-order chi connectivity index (χ0) is 27.4. The van der Waals surface area contributed by atoms with Gasteiger partial charge in [0.1, 0.15) is 40.6 Å². The lowest BCUT2D eigenvalue weighted by molar-refractivity contribution is 0.222. The van der Waals surface area contributed by atoms with Crippen LogP contribution in [0.2, 0.25) is 0 Å². The van der Waals surface area contributed by atoms with Crippen LogP contribution in [0.3, 0.4) is 0 Å². The maximum atomic E-state index is 6.60. The van der Waals surface area contributed by atoms with Crippen LogP contribution in [-0.2, 0) is 12.8 Å². The van der Waals surface area contributed by atoms with E-state index in [0.717, 1.165) is 69.6 Å². The van der Waals surface area contributed by atoms with Crippen LogP contribution in [0.15, 0.2) is 78.9 Å². The maximum absolute atomic E-state index is 6.60. The molecule has 2 unspecified atom stereocenters. The molecule has 0 aromatic heterocycles. The Kier molecular flexibility index (Phi) is 7.82. The minimum Gasteiger partial charge on any atom is -0.497 e. The lowest BCUT2D eigenvalue weighted by Crippen LogP contribution is -2.12. The van der Waals surface area contributed by atoms with Crippen LogP contribution >= 0.6 is 0 Å². The molecule has 0 saturated heterocycles. The van der Waals surface area contributed by atoms with Gasteiger partial charge in [0, 0.05) is 17.7 Å². The monoisotopic (exact) mass is 526 g/mol. The molecule has 5 rings (SSSR count). The first kappa shape index (κ1) is 26.3. The van der Waals surface area contributed by atoms with E-state index in [-0.39, 0.29) is 12.0 Å². The molecule has 0 N–H and O–H groups in total. The van der Waals surface area contributed by atoms with Gasteiger partial charge in [-0.25, -0.2) is 0 Å². The number of hydrogen-bond acceptors (Lipinski definition) is 6. The molecule has 0 fully saturated rings. The second-order valence-electron chi connectivity index (χ2n) is 9.53. The minimum atomic E-state index is -0.208. The van der Waals surface area contributed by atoms with Crippen molar-refractivity contribution in [2.45, 2.75) is 24.9 Å². The summed E-state index contributed by atoms with van der Waals surface area (Å²) in [6, 6.07) is 26.6. The molecule has 1 aliphatic rings. The van der Waals surface area contributed by atoms with Crippen molar-refractivity contribution in [3.63, 3.8) is 0 Å². The molecule has 0 spiro atoms. The topological polar surface area (TPSA) is 55.4 Å². The maximum Gasteiger partial charge on any atom is 0.135 e. The fraction of sp³-hybridized carbons (Fsp3) is 0.273. The molecule has 1 aliphatic heterocycles. The average Bonchev–Trinajstić information content (AvgIpc) is 3.38. The zero-order valence-electron chi connectivity index (χ0n) is 23.0. The summed E-state index contributed by atoms with van der Waals surface area (Å²) >= 11 is 0.